The van der Waals surface area contributed by atoms with Crippen LogP contribution in [0.5, 0.6) is 0 Å². The summed E-state index contributed by atoms with van der Waals surface area (Å²) in [7, 11) is 4.77. The number of nitrogens with two attached hydrogens (primary N) is 1. The highest BCUT2D eigenvalue weighted by Gasteiger charge is 2.43. The number of benzene rings is 2. The molecular weight excluding hydrogens is 1250 g/mol. The molecule has 0 saturated carbocycles. The molecule has 0 aliphatic carbocycles. The Hall–Kier alpha value is -7.40. The smallest absolute Gasteiger partial charge is 0.410 e. The molecular formula is C74H111N9O13S. The summed E-state index contributed by atoms with van der Waals surface area (Å²) in [6.45, 7) is 21.7. The van der Waals surface area contributed by atoms with E-state index >= 15 is 0 Å². The molecule has 536 valence electrons. The van der Waals surface area contributed by atoms with Gasteiger partial charge in [0.2, 0.25) is 35.4 Å². The van der Waals surface area contributed by atoms with Gasteiger partial charge >= 0.3 is 12.1 Å². The Balaban J connectivity index is 1.17. The minimum Gasteiger partial charge on any atom is -0.445 e. The van der Waals surface area contributed by atoms with Gasteiger partial charge in [-0.15, -0.1) is 11.3 Å². The van der Waals surface area contributed by atoms with Gasteiger partial charge in [0, 0.05) is 126 Å². The number of anilines is 1. The topological polar surface area (TPSA) is 294 Å². The summed E-state index contributed by atoms with van der Waals surface area (Å²) in [4.78, 5) is 160. The van der Waals surface area contributed by atoms with E-state index in [1.807, 2.05) is 76.9 Å². The fourth-order valence-corrected chi connectivity index (χ4v) is 14.5. The van der Waals surface area contributed by atoms with Crippen molar-refractivity contribution in [3.8, 4) is 0 Å². The van der Waals surface area contributed by atoms with Crippen molar-refractivity contribution >= 4 is 81.9 Å². The lowest BCUT2D eigenvalue weighted by atomic mass is 9.81. The Morgan fingerprint density at radius 1 is 0.784 bits per heavy atom. The van der Waals surface area contributed by atoms with Gasteiger partial charge in [-0.25, -0.2) is 14.6 Å². The maximum absolute atomic E-state index is 14.9. The second kappa shape index (κ2) is 39.3. The number of nitrogens with zero attached hydrogens (tertiary/aromatic N) is 5. The maximum Gasteiger partial charge on any atom is 0.410 e. The lowest BCUT2D eigenvalue weighted by Gasteiger charge is -2.41. The summed E-state index contributed by atoms with van der Waals surface area (Å²) in [5, 5.41) is 11.1. The number of nitrogens with one attached hydrogen (secondary N) is 3. The second-order valence-corrected chi connectivity index (χ2v) is 29.1. The van der Waals surface area contributed by atoms with E-state index in [0.717, 1.165) is 23.4 Å². The number of likely N-dealkylation sites (N-methyl/N-ethyl adjacent to an activating group) is 2. The van der Waals surface area contributed by atoms with Crippen LogP contribution in [0.3, 0.4) is 0 Å². The van der Waals surface area contributed by atoms with Crippen molar-refractivity contribution in [2.24, 2.45) is 59.0 Å². The minimum atomic E-state index is -0.950. The number of hydrogen-bond acceptors (Lipinski definition) is 15. The SMILES string of the molecule is CC[C@H](C)[C@@H]([C@@H](CC(=O)N1CCC[C@H]1[C@H](C)[C@@H](C)C(=O)C[C@@H](Cc1ccccc1)c1nccs1)OC)N(C)C(=O)[C@@H](CC(=O)[C@H](C(C)C)N(C)C(=O)OCc1ccc(NC(=O)[C@H](CCCNC(N)=O)CC(=O)[C@@H](NC(=O)CCCCCN2C(=O)CC(C)C2=O)C(C)C)cc1)C(C)C. The summed E-state index contributed by atoms with van der Waals surface area (Å²) in [6.07, 6.45) is 5.80. The Morgan fingerprint density at radius 3 is 2.06 bits per heavy atom. The summed E-state index contributed by atoms with van der Waals surface area (Å²) in [5.74, 6) is -5.52. The van der Waals surface area contributed by atoms with Gasteiger partial charge in [0.15, 0.2) is 11.6 Å². The fourth-order valence-electron chi connectivity index (χ4n) is 13.8. The van der Waals surface area contributed by atoms with Gasteiger partial charge in [-0.3, -0.25) is 48.1 Å². The molecule has 0 bridgehead atoms. The number of ketones is 3. The summed E-state index contributed by atoms with van der Waals surface area (Å²) < 4.78 is 11.9. The third-order valence-electron chi connectivity index (χ3n) is 19.9. The molecule has 12 atom stereocenters. The highest BCUT2D eigenvalue weighted by molar-refractivity contribution is 7.09. The molecule has 97 heavy (non-hydrogen) atoms. The number of carbonyl (C=O) groups is 11. The third kappa shape index (κ3) is 23.7. The monoisotopic (exact) mass is 1370 g/mol. The van der Waals surface area contributed by atoms with Crippen LogP contribution in [0.25, 0.3) is 0 Å². The number of primary amides is 1. The Kier molecular flexibility index (Phi) is 32.5. The van der Waals surface area contributed by atoms with Crippen LogP contribution in [0.1, 0.15) is 188 Å². The number of hydrogen-bond donors (Lipinski definition) is 4. The van der Waals surface area contributed by atoms with Crippen LogP contribution in [0, 0.1) is 53.3 Å². The highest BCUT2D eigenvalue weighted by Crippen LogP contribution is 2.36. The van der Waals surface area contributed by atoms with Crippen molar-refractivity contribution in [3.05, 3.63) is 82.3 Å². The normalized spacial score (nSPS) is 17.9. The number of ether oxygens (including phenoxy) is 2. The molecule has 2 aliphatic rings. The van der Waals surface area contributed by atoms with Crippen molar-refractivity contribution in [1.82, 2.24) is 35.2 Å². The molecule has 2 aromatic carbocycles. The van der Waals surface area contributed by atoms with E-state index in [0.29, 0.717) is 69.3 Å². The van der Waals surface area contributed by atoms with E-state index in [1.54, 1.807) is 81.6 Å². The first-order valence-corrected chi connectivity index (χ1v) is 35.9. The van der Waals surface area contributed by atoms with Gasteiger partial charge in [0.25, 0.3) is 0 Å². The van der Waals surface area contributed by atoms with Gasteiger partial charge in [0.05, 0.1) is 35.7 Å². The molecule has 2 aliphatic heterocycles. The highest BCUT2D eigenvalue weighted by atomic mass is 32.1. The molecule has 3 heterocycles. The number of urea groups is 1. The first kappa shape index (κ1) is 80.3. The summed E-state index contributed by atoms with van der Waals surface area (Å²) in [6, 6.07) is 13.5. The van der Waals surface area contributed by atoms with Crippen LogP contribution >= 0.6 is 11.3 Å². The van der Waals surface area contributed by atoms with Crippen LogP contribution in [0.4, 0.5) is 15.3 Å². The standard InChI is InChI=1S/C74H111N9O13S/c1-15-48(8)68(62(95-14)43-65(89)82-36-23-27-58(82)50(10)51(11)59(84)41-55(70-76-34-37-97-70)39-52-24-18-16-19-25-52)80(12)72(92)57(45(2)3)42-61(86)67(47(6)7)81(13)74(94)96-44-53-29-31-56(32-30-53)78-69(90)54(26-22-33-77-73(75)93)40-60(85)66(46(4)5)79-63(87)28-20-17-21-35-83-64(88)38-49(9)71(83)91/h16,18-19,24-25,29-32,34,37,45-51,54-55,57-58,62,66-68H,15,17,20-23,26-28,33,35-36,38-44H2,1-14H3,(H,78,90)(H,79,87)(H3,75,77,93)/t48-,49?,50+,51+,54+,55+,57-,58-,62+,66-,67-,68-/m0/s1. The van der Waals surface area contributed by atoms with Gasteiger partial charge in [0.1, 0.15) is 12.4 Å². The molecule has 23 heteroatoms. The average Bonchev–Trinajstić information content (AvgIpc) is 1.45. The number of methoxy groups -OCH3 is 1. The van der Waals surface area contributed by atoms with E-state index in [-0.39, 0.29) is 152 Å². The largest absolute Gasteiger partial charge is 0.445 e. The first-order chi connectivity index (χ1) is 46.0. The van der Waals surface area contributed by atoms with Crippen molar-refractivity contribution < 1.29 is 62.2 Å². The number of Topliss-reactive ketones (excluding diaryl/α,β-unsaturated/α-hetero) is 3. The van der Waals surface area contributed by atoms with E-state index < -0.39 is 54.1 Å². The van der Waals surface area contributed by atoms with E-state index in [9.17, 15) is 52.7 Å². The molecule has 3 aromatic rings. The molecule has 5 rings (SSSR count). The Morgan fingerprint density at radius 2 is 1.47 bits per heavy atom. The fraction of sp³-hybridized carbons (Fsp3) is 0.649. The molecule has 9 amide bonds. The number of carbonyl (C=O) groups excluding carboxylic acids is 11. The Bertz CT molecular complexity index is 3090. The number of likely N-dealkylation sites (tertiary alicyclic amines) is 2. The number of unbranched alkanes of at least 4 members (excludes halogenated alkanes) is 2. The van der Waals surface area contributed by atoms with E-state index in [4.69, 9.17) is 15.2 Å². The van der Waals surface area contributed by atoms with Crippen molar-refractivity contribution in [2.75, 3.05) is 46.2 Å². The van der Waals surface area contributed by atoms with Gasteiger partial charge < -0.3 is 45.9 Å². The zero-order chi connectivity index (χ0) is 71.8. The molecule has 0 spiro atoms. The maximum atomic E-state index is 14.9. The van der Waals surface area contributed by atoms with Crippen molar-refractivity contribution in [2.45, 2.75) is 215 Å². The number of imide groups is 1. The number of thiazole rings is 1. The molecule has 0 radical (unpaired) electrons. The van der Waals surface area contributed by atoms with Crippen LogP contribution in [-0.2, 0) is 65.7 Å². The quantitative estimate of drug-likeness (QED) is 0.0304. The van der Waals surface area contributed by atoms with Gasteiger partial charge in [-0.2, -0.15) is 0 Å². The third-order valence-corrected chi connectivity index (χ3v) is 20.8. The predicted molar refractivity (Wildman–Crippen MR) is 374 cm³/mol. The summed E-state index contributed by atoms with van der Waals surface area (Å²) in [5.41, 5.74) is 7.39. The predicted octanol–water partition coefficient (Wildman–Crippen LogP) is 10.6. The number of amides is 9. The van der Waals surface area contributed by atoms with Crippen LogP contribution in [0.2, 0.25) is 0 Å². The molecule has 1 aromatic heterocycles. The van der Waals surface area contributed by atoms with Crippen LogP contribution in [0.15, 0.2) is 66.2 Å². The minimum absolute atomic E-state index is 0.0152. The number of rotatable bonds is 41. The van der Waals surface area contributed by atoms with E-state index in [2.05, 4.69) is 40.0 Å². The lowest BCUT2D eigenvalue weighted by Crippen LogP contribution is -2.54. The van der Waals surface area contributed by atoms with Crippen LogP contribution < -0.4 is 21.7 Å². The van der Waals surface area contributed by atoms with E-state index in [1.165, 1.54) is 16.8 Å². The summed E-state index contributed by atoms with van der Waals surface area (Å²) >= 11 is 1.56. The molecule has 22 nitrogen and oxygen atoms in total. The molecule has 2 saturated heterocycles. The van der Waals surface area contributed by atoms with Gasteiger partial charge in [-0.1, -0.05) is 131 Å². The zero-order valence-corrected chi connectivity index (χ0v) is 60.8. The number of aromatic nitrogens is 1. The van der Waals surface area contributed by atoms with Crippen LogP contribution in [-0.4, -0.2) is 161 Å². The first-order valence-electron chi connectivity index (χ1n) is 35.1. The molecule has 1 unspecified atom stereocenters. The lowest BCUT2D eigenvalue weighted by molar-refractivity contribution is -0.148. The van der Waals surface area contributed by atoms with Crippen molar-refractivity contribution in [1.29, 1.82) is 0 Å². The average molecular weight is 1370 g/mol. The van der Waals surface area contributed by atoms with Gasteiger partial charge in [-0.05, 0) is 97.8 Å². The second-order valence-electron chi connectivity index (χ2n) is 28.1. The molecule has 5 N–H and O–H groups in total. The zero-order valence-electron chi connectivity index (χ0n) is 60.0. The Labute approximate surface area is 579 Å². The molecule has 2 fully saturated rings. The van der Waals surface area contributed by atoms with Crippen molar-refractivity contribution in [3.63, 3.8) is 0 Å².